The van der Waals surface area contributed by atoms with Gasteiger partial charge in [-0.25, -0.2) is 9.97 Å². The Balaban J connectivity index is 1.53. The van der Waals surface area contributed by atoms with E-state index in [-0.39, 0.29) is 5.91 Å². The molecule has 5 rings (SSSR count). The van der Waals surface area contributed by atoms with Crippen LogP contribution in [0.3, 0.4) is 0 Å². The predicted molar refractivity (Wildman–Crippen MR) is 109 cm³/mol. The molecule has 1 N–H and O–H groups in total. The fourth-order valence-electron chi connectivity index (χ4n) is 3.16. The van der Waals surface area contributed by atoms with E-state index in [1.807, 2.05) is 52.5 Å². The normalized spacial score (nSPS) is 14.0. The molecule has 4 aromatic heterocycles. The summed E-state index contributed by atoms with van der Waals surface area (Å²) in [7, 11) is 0. The zero-order valence-electron chi connectivity index (χ0n) is 14.8. The second-order valence-corrected chi connectivity index (χ2v) is 8.76. The first-order valence-corrected chi connectivity index (χ1v) is 10.7. The Kier molecular flexibility index (Phi) is 4.06. The molecule has 0 aliphatic heterocycles. The van der Waals surface area contributed by atoms with Crippen LogP contribution in [0.15, 0.2) is 41.2 Å². The molecule has 4 aromatic rings. The van der Waals surface area contributed by atoms with Crippen LogP contribution in [0.25, 0.3) is 27.6 Å². The summed E-state index contributed by atoms with van der Waals surface area (Å²) in [4.78, 5) is 22.0. The van der Waals surface area contributed by atoms with Gasteiger partial charge >= 0.3 is 0 Å². The van der Waals surface area contributed by atoms with E-state index >= 15 is 0 Å². The lowest BCUT2D eigenvalue weighted by Gasteiger charge is -2.03. The molecule has 0 saturated heterocycles. The molecule has 4 heterocycles. The highest BCUT2D eigenvalue weighted by Crippen LogP contribution is 2.32. The van der Waals surface area contributed by atoms with Crippen molar-refractivity contribution in [1.82, 2.24) is 19.7 Å². The molecule has 27 heavy (non-hydrogen) atoms. The van der Waals surface area contributed by atoms with E-state index in [0.717, 1.165) is 39.2 Å². The van der Waals surface area contributed by atoms with Gasteiger partial charge in [-0.1, -0.05) is 6.07 Å². The van der Waals surface area contributed by atoms with Crippen LogP contribution in [0.4, 0.5) is 0 Å². The number of carbonyl (C=O) groups excluding carboxylic acids is 1. The van der Waals surface area contributed by atoms with Gasteiger partial charge in [0.15, 0.2) is 0 Å². The minimum Gasteiger partial charge on any atom is -0.352 e. The smallest absolute Gasteiger partial charge is 0.253 e. The van der Waals surface area contributed by atoms with Crippen LogP contribution >= 0.6 is 22.7 Å². The monoisotopic (exact) mass is 394 g/mol. The van der Waals surface area contributed by atoms with Crippen LogP contribution in [0.5, 0.6) is 0 Å². The van der Waals surface area contributed by atoms with E-state index in [4.69, 9.17) is 4.98 Å². The van der Waals surface area contributed by atoms with E-state index in [1.54, 1.807) is 22.7 Å². The topological polar surface area (TPSA) is 59.3 Å². The number of hydrogen-bond acceptors (Lipinski definition) is 5. The summed E-state index contributed by atoms with van der Waals surface area (Å²) >= 11 is 3.20. The van der Waals surface area contributed by atoms with Crippen molar-refractivity contribution in [3.05, 3.63) is 51.8 Å². The summed E-state index contributed by atoms with van der Waals surface area (Å²) in [6.45, 7) is 2.76. The SMILES string of the molecule is Cc1nc(-c2nc(-c3cc(C(=O)NCC4CC4)c4ccccn34)cs2)cs1. The molecule has 0 unspecified atom stereocenters. The zero-order valence-corrected chi connectivity index (χ0v) is 16.4. The number of aromatic nitrogens is 3. The van der Waals surface area contributed by atoms with Crippen LogP contribution in [-0.2, 0) is 0 Å². The first-order valence-electron chi connectivity index (χ1n) is 8.96. The number of hydrogen-bond donors (Lipinski definition) is 1. The quantitative estimate of drug-likeness (QED) is 0.537. The minimum atomic E-state index is -0.0116. The van der Waals surface area contributed by atoms with Gasteiger partial charge in [0.1, 0.15) is 10.7 Å². The number of aryl methyl sites for hydroxylation is 1. The maximum atomic E-state index is 12.7. The van der Waals surface area contributed by atoms with Crippen molar-refractivity contribution in [3.8, 4) is 22.1 Å². The average Bonchev–Trinajstić information content (AvgIpc) is 3.07. The highest BCUT2D eigenvalue weighted by molar-refractivity contribution is 7.14. The molecular formula is C20H18N4OS2. The van der Waals surface area contributed by atoms with Crippen molar-refractivity contribution in [3.63, 3.8) is 0 Å². The Morgan fingerprint density at radius 3 is 2.85 bits per heavy atom. The van der Waals surface area contributed by atoms with Crippen molar-refractivity contribution in [2.75, 3.05) is 6.54 Å². The largest absolute Gasteiger partial charge is 0.352 e. The molecule has 7 heteroatoms. The molecule has 0 atom stereocenters. The van der Waals surface area contributed by atoms with Gasteiger partial charge in [0.2, 0.25) is 0 Å². The summed E-state index contributed by atoms with van der Waals surface area (Å²) < 4.78 is 2.04. The Morgan fingerprint density at radius 1 is 1.22 bits per heavy atom. The zero-order chi connectivity index (χ0) is 18.4. The third-order valence-corrected chi connectivity index (χ3v) is 6.41. The Hall–Kier alpha value is -2.51. The number of thiazole rings is 2. The average molecular weight is 395 g/mol. The van der Waals surface area contributed by atoms with Crippen molar-refractivity contribution in [1.29, 1.82) is 0 Å². The lowest BCUT2D eigenvalue weighted by atomic mass is 10.2. The molecule has 1 amide bonds. The van der Waals surface area contributed by atoms with Gasteiger partial charge in [-0.3, -0.25) is 4.79 Å². The third-order valence-electron chi connectivity index (χ3n) is 4.77. The number of carbonyl (C=O) groups is 1. The van der Waals surface area contributed by atoms with E-state index in [2.05, 4.69) is 10.3 Å². The molecular weight excluding hydrogens is 376 g/mol. The fourth-order valence-corrected chi connectivity index (χ4v) is 4.60. The number of rotatable bonds is 5. The maximum absolute atomic E-state index is 12.7. The summed E-state index contributed by atoms with van der Waals surface area (Å²) in [6.07, 6.45) is 4.42. The molecule has 0 spiro atoms. The van der Waals surface area contributed by atoms with E-state index < -0.39 is 0 Å². The first kappa shape index (κ1) is 16.6. The minimum absolute atomic E-state index is 0.0116. The van der Waals surface area contributed by atoms with Crippen molar-refractivity contribution < 1.29 is 4.79 Å². The molecule has 1 fully saturated rings. The van der Waals surface area contributed by atoms with Crippen molar-refractivity contribution in [2.24, 2.45) is 5.92 Å². The Bertz CT molecular complexity index is 1140. The number of nitrogens with one attached hydrogen (secondary N) is 1. The number of pyridine rings is 1. The summed E-state index contributed by atoms with van der Waals surface area (Å²) in [5.41, 5.74) is 4.31. The van der Waals surface area contributed by atoms with Crippen molar-refractivity contribution in [2.45, 2.75) is 19.8 Å². The standard InChI is InChI=1S/C20H18N4OS2/c1-12-22-16(11-26-12)20-23-15(10-27-20)18-8-14(17-4-2-3-7-24(17)18)19(25)21-9-13-5-6-13/h2-4,7-8,10-11,13H,5-6,9H2,1H3,(H,21,25). The van der Waals surface area contributed by atoms with Crippen LogP contribution in [0, 0.1) is 12.8 Å². The molecule has 5 nitrogen and oxygen atoms in total. The van der Waals surface area contributed by atoms with E-state index in [1.165, 1.54) is 12.8 Å². The first-order chi connectivity index (χ1) is 13.2. The molecule has 0 bridgehead atoms. The Morgan fingerprint density at radius 2 is 2.07 bits per heavy atom. The fraction of sp³-hybridized carbons (Fsp3) is 0.250. The van der Waals surface area contributed by atoms with Gasteiger partial charge in [-0.15, -0.1) is 22.7 Å². The van der Waals surface area contributed by atoms with E-state index in [9.17, 15) is 4.79 Å². The number of amides is 1. The molecule has 0 aromatic carbocycles. The number of nitrogens with zero attached hydrogens (tertiary/aromatic N) is 3. The molecule has 136 valence electrons. The predicted octanol–water partition coefficient (Wildman–Crippen LogP) is 4.63. The lowest BCUT2D eigenvalue weighted by molar-refractivity contribution is 0.0953. The number of fused-ring (bicyclic) bond motifs is 1. The molecule has 0 radical (unpaired) electrons. The van der Waals surface area contributed by atoms with Gasteiger partial charge < -0.3 is 9.72 Å². The highest BCUT2D eigenvalue weighted by atomic mass is 32.1. The van der Waals surface area contributed by atoms with Crippen LogP contribution in [0.2, 0.25) is 0 Å². The lowest BCUT2D eigenvalue weighted by Crippen LogP contribution is -2.25. The maximum Gasteiger partial charge on any atom is 0.253 e. The van der Waals surface area contributed by atoms with Crippen LogP contribution < -0.4 is 5.32 Å². The highest BCUT2D eigenvalue weighted by Gasteiger charge is 2.23. The summed E-state index contributed by atoms with van der Waals surface area (Å²) in [6, 6.07) is 7.86. The van der Waals surface area contributed by atoms with Gasteiger partial charge in [0, 0.05) is 23.5 Å². The summed E-state index contributed by atoms with van der Waals surface area (Å²) in [5, 5.41) is 9.07. The van der Waals surface area contributed by atoms with Crippen LogP contribution in [0.1, 0.15) is 28.2 Å². The Labute approximate surface area is 164 Å². The molecule has 1 aliphatic rings. The van der Waals surface area contributed by atoms with Gasteiger partial charge in [0.05, 0.1) is 27.5 Å². The summed E-state index contributed by atoms with van der Waals surface area (Å²) in [5.74, 6) is 0.646. The second kappa shape index (κ2) is 6.58. The van der Waals surface area contributed by atoms with E-state index in [0.29, 0.717) is 11.5 Å². The van der Waals surface area contributed by atoms with Crippen molar-refractivity contribution >= 4 is 34.1 Å². The van der Waals surface area contributed by atoms with Gasteiger partial charge in [0.25, 0.3) is 5.91 Å². The third kappa shape index (κ3) is 3.17. The second-order valence-electron chi connectivity index (χ2n) is 6.84. The van der Waals surface area contributed by atoms with Gasteiger partial charge in [-0.05, 0) is 43.9 Å². The van der Waals surface area contributed by atoms with Crippen LogP contribution in [-0.4, -0.2) is 26.8 Å². The molecule has 1 saturated carbocycles. The molecule has 1 aliphatic carbocycles. The van der Waals surface area contributed by atoms with Gasteiger partial charge in [-0.2, -0.15) is 0 Å².